The van der Waals surface area contributed by atoms with Gasteiger partial charge in [-0.05, 0) is 31.9 Å². The molecule has 1 atom stereocenters. The molecule has 0 aliphatic heterocycles. The summed E-state index contributed by atoms with van der Waals surface area (Å²) in [7, 11) is 0. The molecule has 2 aromatic rings. The predicted octanol–water partition coefficient (Wildman–Crippen LogP) is 3.12. The van der Waals surface area contributed by atoms with Gasteiger partial charge in [-0.25, -0.2) is 9.59 Å². The van der Waals surface area contributed by atoms with E-state index >= 15 is 0 Å². The molecule has 1 aromatic carbocycles. The van der Waals surface area contributed by atoms with Crippen LogP contribution < -0.4 is 10.6 Å². The molecule has 10 heteroatoms. The van der Waals surface area contributed by atoms with Crippen molar-refractivity contribution < 1.29 is 24.0 Å². The number of carbonyl (C=O) groups excluding carboxylic acids is 3. The molecular formula is C18H19N3O6S. The van der Waals surface area contributed by atoms with Crippen molar-refractivity contribution in [3.8, 4) is 0 Å². The first-order valence-electron chi connectivity index (χ1n) is 8.84. The lowest BCUT2D eigenvalue weighted by atomic mass is 10.2. The Hall–Kier alpha value is -3.01. The quantitative estimate of drug-likeness (QED) is 0.447. The average Bonchev–Trinajstić information content (AvgIpc) is 3.29. The molecule has 1 saturated carbocycles. The fourth-order valence-corrected chi connectivity index (χ4v) is 3.95. The van der Waals surface area contributed by atoms with Crippen LogP contribution in [0.5, 0.6) is 0 Å². The number of ether oxygens (including phenoxy) is 1. The monoisotopic (exact) mass is 405 g/mol. The SMILES string of the molecule is C[C@H](OC(=O)c1cc2cc([N+](=O)[O-])ccc2s1)C(=O)NC(=O)NC1CCCC1. The van der Waals surface area contributed by atoms with E-state index in [0.29, 0.717) is 10.1 Å². The van der Waals surface area contributed by atoms with Crippen molar-refractivity contribution in [2.75, 3.05) is 0 Å². The van der Waals surface area contributed by atoms with Crippen LogP contribution in [0.25, 0.3) is 10.1 Å². The van der Waals surface area contributed by atoms with Crippen molar-refractivity contribution in [2.24, 2.45) is 0 Å². The van der Waals surface area contributed by atoms with Crippen LogP contribution in [-0.4, -0.2) is 35.0 Å². The molecule has 2 N–H and O–H groups in total. The number of rotatable bonds is 5. The minimum atomic E-state index is -1.17. The second-order valence-corrected chi connectivity index (χ2v) is 7.67. The van der Waals surface area contributed by atoms with Gasteiger partial charge in [-0.2, -0.15) is 0 Å². The van der Waals surface area contributed by atoms with E-state index in [1.165, 1.54) is 25.1 Å². The molecule has 1 aliphatic rings. The summed E-state index contributed by atoms with van der Waals surface area (Å²) < 4.78 is 5.81. The summed E-state index contributed by atoms with van der Waals surface area (Å²) in [6, 6.07) is 5.21. The van der Waals surface area contributed by atoms with Crippen LogP contribution in [0.15, 0.2) is 24.3 Å². The van der Waals surface area contributed by atoms with Crippen LogP contribution in [0.4, 0.5) is 10.5 Å². The molecule has 1 heterocycles. The zero-order valence-electron chi connectivity index (χ0n) is 15.1. The largest absolute Gasteiger partial charge is 0.448 e. The number of nitro groups is 1. The summed E-state index contributed by atoms with van der Waals surface area (Å²) in [6.45, 7) is 1.37. The number of nitro benzene ring substituents is 1. The molecule has 9 nitrogen and oxygen atoms in total. The van der Waals surface area contributed by atoms with Crippen molar-refractivity contribution in [3.05, 3.63) is 39.3 Å². The second-order valence-electron chi connectivity index (χ2n) is 6.58. The summed E-state index contributed by atoms with van der Waals surface area (Å²) in [4.78, 5) is 46.7. The zero-order chi connectivity index (χ0) is 20.3. The maximum Gasteiger partial charge on any atom is 0.349 e. The third kappa shape index (κ3) is 4.63. The van der Waals surface area contributed by atoms with Gasteiger partial charge in [0.1, 0.15) is 4.88 Å². The Balaban J connectivity index is 1.58. The van der Waals surface area contributed by atoms with E-state index in [1.807, 2.05) is 0 Å². The molecule has 148 valence electrons. The second kappa shape index (κ2) is 8.34. The zero-order valence-corrected chi connectivity index (χ0v) is 15.9. The van der Waals surface area contributed by atoms with E-state index in [1.54, 1.807) is 6.07 Å². The Morgan fingerprint density at radius 2 is 1.96 bits per heavy atom. The molecule has 0 spiro atoms. The first-order chi connectivity index (χ1) is 13.3. The Morgan fingerprint density at radius 1 is 1.25 bits per heavy atom. The Morgan fingerprint density at radius 3 is 2.64 bits per heavy atom. The van der Waals surface area contributed by atoms with Gasteiger partial charge in [-0.3, -0.25) is 20.2 Å². The van der Waals surface area contributed by atoms with Gasteiger partial charge in [0.15, 0.2) is 6.10 Å². The van der Waals surface area contributed by atoms with Gasteiger partial charge in [-0.1, -0.05) is 12.8 Å². The van der Waals surface area contributed by atoms with Crippen molar-refractivity contribution >= 4 is 45.0 Å². The van der Waals surface area contributed by atoms with E-state index in [0.717, 1.165) is 37.0 Å². The van der Waals surface area contributed by atoms with Crippen molar-refractivity contribution in [1.82, 2.24) is 10.6 Å². The molecule has 3 amide bonds. The van der Waals surface area contributed by atoms with Crippen LogP contribution >= 0.6 is 11.3 Å². The van der Waals surface area contributed by atoms with Crippen molar-refractivity contribution in [3.63, 3.8) is 0 Å². The third-order valence-corrected chi connectivity index (χ3v) is 5.59. The van der Waals surface area contributed by atoms with Crippen molar-refractivity contribution in [1.29, 1.82) is 0 Å². The lowest BCUT2D eigenvalue weighted by molar-refractivity contribution is -0.384. The first kappa shape index (κ1) is 19.7. The molecule has 1 aromatic heterocycles. The maximum absolute atomic E-state index is 12.3. The summed E-state index contributed by atoms with van der Waals surface area (Å²) >= 11 is 1.11. The summed E-state index contributed by atoms with van der Waals surface area (Å²) in [6.07, 6.45) is 2.70. The highest BCUT2D eigenvalue weighted by Gasteiger charge is 2.24. The van der Waals surface area contributed by atoms with Gasteiger partial charge in [0.2, 0.25) is 0 Å². The van der Waals surface area contributed by atoms with Gasteiger partial charge in [0.25, 0.3) is 11.6 Å². The average molecular weight is 405 g/mol. The van der Waals surface area contributed by atoms with Gasteiger partial charge in [0, 0.05) is 28.3 Å². The number of urea groups is 1. The number of hydrogen-bond acceptors (Lipinski definition) is 7. The summed E-state index contributed by atoms with van der Waals surface area (Å²) in [5.41, 5.74) is -0.0776. The van der Waals surface area contributed by atoms with Crippen LogP contribution in [0.1, 0.15) is 42.3 Å². The van der Waals surface area contributed by atoms with Gasteiger partial charge < -0.3 is 10.1 Å². The third-order valence-electron chi connectivity index (χ3n) is 4.49. The molecule has 0 saturated heterocycles. The van der Waals surface area contributed by atoms with E-state index in [-0.39, 0.29) is 16.6 Å². The summed E-state index contributed by atoms with van der Waals surface area (Å²) in [5.74, 6) is -1.46. The smallest absolute Gasteiger partial charge is 0.349 e. The fraction of sp³-hybridized carbons (Fsp3) is 0.389. The molecule has 3 rings (SSSR count). The number of non-ortho nitro benzene ring substituents is 1. The van der Waals surface area contributed by atoms with E-state index in [9.17, 15) is 24.5 Å². The minimum Gasteiger partial charge on any atom is -0.448 e. The lowest BCUT2D eigenvalue weighted by Crippen LogP contribution is -2.47. The van der Waals surface area contributed by atoms with Crippen LogP contribution in [0, 0.1) is 10.1 Å². The molecule has 0 unspecified atom stereocenters. The minimum absolute atomic E-state index is 0.0632. The van der Waals surface area contributed by atoms with Crippen LogP contribution in [-0.2, 0) is 9.53 Å². The summed E-state index contributed by atoms with van der Waals surface area (Å²) in [5, 5.41) is 16.3. The molecule has 28 heavy (non-hydrogen) atoms. The van der Waals surface area contributed by atoms with Gasteiger partial charge in [-0.15, -0.1) is 11.3 Å². The number of esters is 1. The number of hydrogen-bond donors (Lipinski definition) is 2. The van der Waals surface area contributed by atoms with Crippen molar-refractivity contribution in [2.45, 2.75) is 44.8 Å². The number of nitrogens with one attached hydrogen (secondary N) is 2. The topological polar surface area (TPSA) is 128 Å². The fourth-order valence-electron chi connectivity index (χ4n) is 3.02. The number of nitrogens with zero attached hydrogens (tertiary/aromatic N) is 1. The normalized spacial score (nSPS) is 15.2. The van der Waals surface area contributed by atoms with E-state index in [2.05, 4.69) is 10.6 Å². The maximum atomic E-state index is 12.3. The number of benzene rings is 1. The molecule has 1 aliphatic carbocycles. The standard InChI is InChI=1S/C18H19N3O6S/c1-10(16(22)20-18(24)19-12-4-2-3-5-12)27-17(23)15-9-11-8-13(21(25)26)6-7-14(11)28-15/h6-10,12H,2-5H2,1H3,(H2,19,20,22,24)/t10-/m0/s1. The Labute approximate surface area is 164 Å². The number of imide groups is 1. The number of amides is 3. The van der Waals surface area contributed by atoms with Crippen LogP contribution in [0.3, 0.4) is 0 Å². The van der Waals surface area contributed by atoms with Crippen LogP contribution in [0.2, 0.25) is 0 Å². The van der Waals surface area contributed by atoms with Gasteiger partial charge >= 0.3 is 12.0 Å². The highest BCUT2D eigenvalue weighted by atomic mass is 32.1. The van der Waals surface area contributed by atoms with Gasteiger partial charge in [0.05, 0.1) is 4.92 Å². The molecular weight excluding hydrogens is 386 g/mol. The van der Waals surface area contributed by atoms with E-state index < -0.39 is 28.9 Å². The highest BCUT2D eigenvalue weighted by Crippen LogP contribution is 2.29. The predicted molar refractivity (Wildman–Crippen MR) is 102 cm³/mol. The van der Waals surface area contributed by atoms with E-state index in [4.69, 9.17) is 4.74 Å². The number of fused-ring (bicyclic) bond motifs is 1. The first-order valence-corrected chi connectivity index (χ1v) is 9.65. The number of carbonyl (C=O) groups is 3. The molecule has 0 bridgehead atoms. The lowest BCUT2D eigenvalue weighted by Gasteiger charge is -2.15. The molecule has 1 fully saturated rings. The highest BCUT2D eigenvalue weighted by molar-refractivity contribution is 7.20. The number of thiophene rings is 1. The Bertz CT molecular complexity index is 935. The molecule has 0 radical (unpaired) electrons. The Kier molecular flexibility index (Phi) is 5.88.